The third-order valence-electron chi connectivity index (χ3n) is 4.90. The van der Waals surface area contributed by atoms with Crippen LogP contribution in [0.4, 0.5) is 0 Å². The maximum absolute atomic E-state index is 10.7. The van der Waals surface area contributed by atoms with Gasteiger partial charge >= 0.3 is 23.1 Å². The maximum Gasteiger partial charge on any atom is 2.00 e. The number of hydrogen-bond acceptors (Lipinski definition) is 4. The Labute approximate surface area is 178 Å². The fraction of sp³-hybridized carbons (Fsp3) is 1.00. The van der Waals surface area contributed by atoms with Crippen molar-refractivity contribution in [3.05, 3.63) is 0 Å². The first-order valence-electron chi connectivity index (χ1n) is 10.7. The molecule has 0 heterocycles. The Hall–Kier alpha value is 0.876. The van der Waals surface area contributed by atoms with Gasteiger partial charge in [-0.25, -0.2) is 0 Å². The quantitative estimate of drug-likeness (QED) is 0.166. The van der Waals surface area contributed by atoms with Gasteiger partial charge in [0.2, 0.25) is 0 Å². The minimum atomic E-state index is -4.83. The van der Waals surface area contributed by atoms with E-state index in [1.165, 1.54) is 77.0 Å². The maximum atomic E-state index is 10.7. The van der Waals surface area contributed by atoms with Crippen LogP contribution in [0.1, 0.15) is 117 Å². The van der Waals surface area contributed by atoms with Crippen LogP contribution in [0.15, 0.2) is 0 Å². The second-order valence-corrected chi connectivity index (χ2v) is 8.58. The molecular formula is C20H41MgO4P. The zero-order valence-electron chi connectivity index (χ0n) is 17.4. The average molecular weight is 401 g/mol. The molecule has 0 aliphatic rings. The van der Waals surface area contributed by atoms with Gasteiger partial charge in [-0.1, -0.05) is 104 Å². The minimum Gasteiger partial charge on any atom is -0.790 e. The Morgan fingerprint density at radius 2 is 1.04 bits per heavy atom. The van der Waals surface area contributed by atoms with Gasteiger partial charge in [0, 0.05) is 0 Å². The molecule has 1 unspecified atom stereocenters. The molecule has 4 nitrogen and oxygen atoms in total. The standard InChI is InChI=1S/C20H43O4P.Mg/c1-3-5-7-9-11-12-14-16-18-20(19-24-25(21,22)23)17-15-13-10-8-6-4-2;/h20H,3-19H2,1-2H3,(H2,21,22,23);/q;+2/p-2. The largest absolute Gasteiger partial charge is 2.00 e. The van der Waals surface area contributed by atoms with E-state index in [1.54, 1.807) is 0 Å². The van der Waals surface area contributed by atoms with Crippen molar-refractivity contribution in [2.75, 3.05) is 6.61 Å². The summed E-state index contributed by atoms with van der Waals surface area (Å²) in [5.41, 5.74) is 0. The molecule has 26 heavy (non-hydrogen) atoms. The third-order valence-corrected chi connectivity index (χ3v) is 5.37. The Balaban J connectivity index is 0. The number of phosphoric ester groups is 1. The van der Waals surface area contributed by atoms with Crippen molar-refractivity contribution in [2.24, 2.45) is 5.92 Å². The monoisotopic (exact) mass is 400 g/mol. The SMILES string of the molecule is CCCCCCCCCCC(CCCCCCCC)COP(=O)([O-])[O-].[Mg+2]. The predicted molar refractivity (Wildman–Crippen MR) is 108 cm³/mol. The van der Waals surface area contributed by atoms with Gasteiger partial charge < -0.3 is 18.9 Å². The molecule has 0 radical (unpaired) electrons. The summed E-state index contributed by atoms with van der Waals surface area (Å²) in [6.45, 7) is 4.52. The van der Waals surface area contributed by atoms with E-state index in [-0.39, 0.29) is 35.6 Å². The molecule has 1 atom stereocenters. The van der Waals surface area contributed by atoms with Crippen LogP contribution in [-0.4, -0.2) is 29.7 Å². The van der Waals surface area contributed by atoms with Gasteiger partial charge in [0.1, 0.15) is 0 Å². The third kappa shape index (κ3) is 22.9. The number of hydrogen-bond donors (Lipinski definition) is 0. The minimum absolute atomic E-state index is 0. The number of phosphoric acid groups is 1. The van der Waals surface area contributed by atoms with Crippen molar-refractivity contribution in [3.8, 4) is 0 Å². The van der Waals surface area contributed by atoms with Crippen molar-refractivity contribution in [3.63, 3.8) is 0 Å². The summed E-state index contributed by atoms with van der Waals surface area (Å²) in [5, 5.41) is 0. The average Bonchev–Trinajstić information content (AvgIpc) is 2.56. The molecule has 0 aliphatic carbocycles. The van der Waals surface area contributed by atoms with Crippen LogP contribution >= 0.6 is 7.82 Å². The van der Waals surface area contributed by atoms with Crippen molar-refractivity contribution in [2.45, 2.75) is 117 Å². The van der Waals surface area contributed by atoms with Gasteiger partial charge in [0.15, 0.2) is 0 Å². The van der Waals surface area contributed by atoms with Crippen LogP contribution in [0, 0.1) is 5.92 Å². The van der Waals surface area contributed by atoms with Gasteiger partial charge in [-0.05, 0) is 18.8 Å². The normalized spacial score (nSPS) is 12.8. The molecule has 0 spiro atoms. The Bertz CT molecular complexity index is 323. The van der Waals surface area contributed by atoms with Crippen LogP contribution in [0.3, 0.4) is 0 Å². The first kappa shape index (κ1) is 29.1. The Morgan fingerprint density at radius 3 is 1.38 bits per heavy atom. The zero-order chi connectivity index (χ0) is 18.8. The van der Waals surface area contributed by atoms with Crippen molar-refractivity contribution in [1.82, 2.24) is 0 Å². The smallest absolute Gasteiger partial charge is 0.790 e. The van der Waals surface area contributed by atoms with Crippen LogP contribution in [0.2, 0.25) is 0 Å². The van der Waals surface area contributed by atoms with Gasteiger partial charge in [-0.2, -0.15) is 0 Å². The molecule has 152 valence electrons. The summed E-state index contributed by atoms with van der Waals surface area (Å²) < 4.78 is 15.3. The van der Waals surface area contributed by atoms with E-state index in [0.29, 0.717) is 0 Å². The summed E-state index contributed by atoms with van der Waals surface area (Å²) in [6, 6.07) is 0. The molecule has 0 aromatic rings. The summed E-state index contributed by atoms with van der Waals surface area (Å²) in [4.78, 5) is 21.5. The first-order chi connectivity index (χ1) is 12.0. The fourth-order valence-electron chi connectivity index (χ4n) is 3.29. The molecule has 0 fully saturated rings. The molecule has 0 amide bonds. The van der Waals surface area contributed by atoms with E-state index in [1.807, 2.05) is 0 Å². The molecule has 0 bridgehead atoms. The van der Waals surface area contributed by atoms with E-state index in [2.05, 4.69) is 18.4 Å². The Morgan fingerprint density at radius 1 is 0.692 bits per heavy atom. The molecule has 0 N–H and O–H groups in total. The van der Waals surface area contributed by atoms with Crippen LogP contribution in [0.25, 0.3) is 0 Å². The van der Waals surface area contributed by atoms with Gasteiger partial charge in [0.25, 0.3) is 0 Å². The molecule has 0 saturated heterocycles. The van der Waals surface area contributed by atoms with E-state index < -0.39 is 7.82 Å². The second-order valence-electron chi connectivity index (χ2n) is 7.43. The van der Waals surface area contributed by atoms with Crippen molar-refractivity contribution < 1.29 is 18.9 Å². The summed E-state index contributed by atoms with van der Waals surface area (Å²) in [7, 11) is -4.83. The molecule has 0 aromatic heterocycles. The second kappa shape index (κ2) is 20.6. The van der Waals surface area contributed by atoms with E-state index in [0.717, 1.165) is 25.7 Å². The van der Waals surface area contributed by atoms with E-state index in [4.69, 9.17) is 0 Å². The molecular weight excluding hydrogens is 359 g/mol. The first-order valence-corrected chi connectivity index (χ1v) is 12.1. The summed E-state index contributed by atoms with van der Waals surface area (Å²) in [5.74, 6) is 0.211. The topological polar surface area (TPSA) is 72.4 Å². The molecule has 0 aliphatic heterocycles. The van der Waals surface area contributed by atoms with Crippen molar-refractivity contribution >= 4 is 30.9 Å². The summed E-state index contributed by atoms with van der Waals surface area (Å²) >= 11 is 0. The number of rotatable bonds is 19. The molecule has 0 rings (SSSR count). The molecule has 0 aromatic carbocycles. The molecule has 6 heteroatoms. The Kier molecular flexibility index (Phi) is 23.0. The number of unbranched alkanes of at least 4 members (excludes halogenated alkanes) is 12. The predicted octanol–water partition coefficient (Wildman–Crippen LogP) is 5.35. The van der Waals surface area contributed by atoms with Gasteiger partial charge in [-0.15, -0.1) is 0 Å². The van der Waals surface area contributed by atoms with E-state index in [9.17, 15) is 14.4 Å². The fourth-order valence-corrected chi connectivity index (χ4v) is 3.68. The summed E-state index contributed by atoms with van der Waals surface area (Å²) in [6.07, 6.45) is 19.5. The molecule has 0 saturated carbocycles. The van der Waals surface area contributed by atoms with Crippen LogP contribution in [-0.2, 0) is 9.09 Å². The van der Waals surface area contributed by atoms with Crippen LogP contribution in [0.5, 0.6) is 0 Å². The van der Waals surface area contributed by atoms with Gasteiger partial charge in [0.05, 0.1) is 14.4 Å². The van der Waals surface area contributed by atoms with Crippen molar-refractivity contribution in [1.29, 1.82) is 0 Å². The van der Waals surface area contributed by atoms with E-state index >= 15 is 0 Å². The zero-order valence-corrected chi connectivity index (χ0v) is 19.7. The van der Waals surface area contributed by atoms with Crippen LogP contribution < -0.4 is 9.79 Å². The van der Waals surface area contributed by atoms with Gasteiger partial charge in [-0.3, -0.25) is 0 Å².